The minimum Gasteiger partial charge on any atom is -0.450 e. The number of Topliss-reactive ketones (excluding diaryl/α,β-unsaturated/α-hetero) is 2. The Labute approximate surface area is 264 Å². The van der Waals surface area contributed by atoms with Crippen molar-refractivity contribution in [2.45, 2.75) is 25.7 Å². The van der Waals surface area contributed by atoms with Gasteiger partial charge < -0.3 is 38.8 Å². The van der Waals surface area contributed by atoms with Crippen LogP contribution in [0.2, 0.25) is 10.3 Å². The molecular formula is C24H28Cl2N14O5. The molecule has 21 heteroatoms. The molecular weight excluding hydrogens is 635 g/mol. The summed E-state index contributed by atoms with van der Waals surface area (Å²) in [6.07, 6.45) is 0.569. The number of anilines is 4. The van der Waals surface area contributed by atoms with Gasteiger partial charge in [-0.1, -0.05) is 23.2 Å². The van der Waals surface area contributed by atoms with Gasteiger partial charge in [-0.15, -0.1) is 0 Å². The number of aromatic nitrogens is 4. The minimum absolute atomic E-state index is 0.00648. The largest absolute Gasteiger partial charge is 0.450 e. The summed E-state index contributed by atoms with van der Waals surface area (Å²) in [5, 5.41) is 4.16. The first kappa shape index (κ1) is 33.9. The number of carbonyl (C=O) groups is 4. The van der Waals surface area contributed by atoms with E-state index in [2.05, 4.69) is 40.6 Å². The van der Waals surface area contributed by atoms with Gasteiger partial charge in [0.05, 0.1) is 0 Å². The summed E-state index contributed by atoms with van der Waals surface area (Å²) < 4.78 is 5.40. The van der Waals surface area contributed by atoms with Crippen LogP contribution in [0.3, 0.4) is 0 Å². The van der Waals surface area contributed by atoms with Gasteiger partial charge in [0.25, 0.3) is 11.8 Å². The molecule has 0 fully saturated rings. The van der Waals surface area contributed by atoms with Crippen LogP contribution in [0, 0.1) is 0 Å². The van der Waals surface area contributed by atoms with E-state index in [9.17, 15) is 19.2 Å². The highest BCUT2D eigenvalue weighted by molar-refractivity contribution is 6.32. The van der Waals surface area contributed by atoms with E-state index in [-0.39, 0.29) is 119 Å². The van der Waals surface area contributed by atoms with Gasteiger partial charge in [-0.2, -0.15) is 0 Å². The standard InChI is InChI=1S/C24H28Cl2N14O5/c25-15-19(29)37-17(27)13(35-15)21(43)39-23(31)33-7-1-3-9(41)11-5-6-12(45-11)10(42)4-2-8-34-24(32)40-22(44)14-18(28)38-20(30)16(26)36-14/h5-6H,1-4,7-8H2,(H4,27,29,37)(H4,28,30,38)(H3,31,33,39,43)(H3,32,34,40,44). The summed E-state index contributed by atoms with van der Waals surface area (Å²) >= 11 is 11.5. The van der Waals surface area contributed by atoms with Crippen LogP contribution in [0.1, 0.15) is 67.8 Å². The summed E-state index contributed by atoms with van der Waals surface area (Å²) in [5.41, 5.74) is 33.0. The van der Waals surface area contributed by atoms with Crippen LogP contribution in [0.4, 0.5) is 23.3 Å². The summed E-state index contributed by atoms with van der Waals surface area (Å²) in [6, 6.07) is 2.78. The van der Waals surface area contributed by atoms with Crippen LogP contribution >= 0.6 is 23.2 Å². The number of nitrogens with zero attached hydrogens (tertiary/aromatic N) is 6. The lowest BCUT2D eigenvalue weighted by molar-refractivity contribution is 0.0924. The third-order valence-electron chi connectivity index (χ3n) is 5.57. The second-order valence-corrected chi connectivity index (χ2v) is 9.64. The predicted molar refractivity (Wildman–Crippen MR) is 165 cm³/mol. The van der Waals surface area contributed by atoms with Crippen molar-refractivity contribution in [2.24, 2.45) is 21.5 Å². The molecule has 0 aliphatic heterocycles. The van der Waals surface area contributed by atoms with Crippen LogP contribution in [-0.2, 0) is 0 Å². The van der Waals surface area contributed by atoms with Crippen molar-refractivity contribution in [3.63, 3.8) is 0 Å². The van der Waals surface area contributed by atoms with E-state index in [1.165, 1.54) is 12.1 Å². The van der Waals surface area contributed by atoms with Crippen molar-refractivity contribution in [3.8, 4) is 0 Å². The van der Waals surface area contributed by atoms with Crippen LogP contribution in [0.5, 0.6) is 0 Å². The molecule has 3 rings (SSSR count). The highest BCUT2D eigenvalue weighted by atomic mass is 35.5. The van der Waals surface area contributed by atoms with Gasteiger partial charge in [0.15, 0.2) is 80.0 Å². The van der Waals surface area contributed by atoms with E-state index in [0.29, 0.717) is 0 Å². The number of aliphatic imine (C=N–C) groups is 2. The van der Waals surface area contributed by atoms with E-state index in [4.69, 9.17) is 62.0 Å². The van der Waals surface area contributed by atoms with E-state index in [0.717, 1.165) is 0 Å². The van der Waals surface area contributed by atoms with Crippen molar-refractivity contribution >= 4 is 81.8 Å². The third kappa shape index (κ3) is 9.46. The zero-order valence-corrected chi connectivity index (χ0v) is 24.9. The van der Waals surface area contributed by atoms with E-state index in [1.54, 1.807) is 0 Å². The Morgan fingerprint density at radius 3 is 1.42 bits per heavy atom. The molecule has 0 bridgehead atoms. The SMILES string of the molecule is NC(=NCCCC(=O)c1ccc(C(=O)CCCN=C(N)NC(=O)c2nc(Cl)c(N)nc2N)o1)NC(=O)c1nc(Cl)c(N)nc1N. The second kappa shape index (κ2) is 15.3. The van der Waals surface area contributed by atoms with Crippen molar-refractivity contribution in [1.82, 2.24) is 30.6 Å². The number of rotatable bonds is 12. The highest BCUT2D eigenvalue weighted by Gasteiger charge is 2.19. The molecule has 0 saturated heterocycles. The van der Waals surface area contributed by atoms with Gasteiger partial charge in [-0.25, -0.2) is 19.9 Å². The predicted octanol–water partition coefficient (Wildman–Crippen LogP) is -0.0896. The number of halogens is 2. The fraction of sp³-hybridized carbons (Fsp3) is 0.250. The molecule has 3 aromatic heterocycles. The maximum absolute atomic E-state index is 12.5. The Kier molecular flexibility index (Phi) is 11.5. The molecule has 238 valence electrons. The fourth-order valence-electron chi connectivity index (χ4n) is 3.41. The van der Waals surface area contributed by atoms with Gasteiger partial charge in [-0.05, 0) is 25.0 Å². The van der Waals surface area contributed by atoms with Gasteiger partial charge in [-0.3, -0.25) is 39.8 Å². The van der Waals surface area contributed by atoms with Crippen LogP contribution in [-0.4, -0.2) is 68.3 Å². The minimum atomic E-state index is -0.796. The lowest BCUT2D eigenvalue weighted by atomic mass is 10.2. The molecule has 2 amide bonds. The first-order valence-corrected chi connectivity index (χ1v) is 13.6. The number of carbonyl (C=O) groups excluding carboxylic acids is 4. The first-order chi connectivity index (χ1) is 21.3. The van der Waals surface area contributed by atoms with E-state index in [1.807, 2.05) is 0 Å². The monoisotopic (exact) mass is 662 g/mol. The Hall–Kier alpha value is -5.56. The normalized spacial score (nSPS) is 11.7. The van der Waals surface area contributed by atoms with E-state index >= 15 is 0 Å². The van der Waals surface area contributed by atoms with Crippen molar-refractivity contribution in [3.05, 3.63) is 45.3 Å². The average Bonchev–Trinajstić information content (AvgIpc) is 3.47. The number of hydrogen-bond acceptors (Lipinski definition) is 15. The van der Waals surface area contributed by atoms with Gasteiger partial charge in [0.2, 0.25) is 0 Å². The molecule has 0 aliphatic rings. The van der Waals surface area contributed by atoms with Crippen LogP contribution in [0.25, 0.3) is 0 Å². The lowest BCUT2D eigenvalue weighted by Gasteiger charge is -2.07. The summed E-state index contributed by atoms with van der Waals surface area (Å²) in [4.78, 5) is 72.3. The van der Waals surface area contributed by atoms with Gasteiger partial charge >= 0.3 is 0 Å². The molecule has 0 aromatic carbocycles. The van der Waals surface area contributed by atoms with Crippen LogP contribution < -0.4 is 45.0 Å². The molecule has 0 radical (unpaired) electrons. The molecule has 3 aromatic rings. The Morgan fingerprint density at radius 1 is 0.667 bits per heavy atom. The van der Waals surface area contributed by atoms with Gasteiger partial charge in [0, 0.05) is 25.9 Å². The number of guanidine groups is 2. The Bertz CT molecular complexity index is 1570. The topological polar surface area (TPSA) is 338 Å². The van der Waals surface area contributed by atoms with Crippen molar-refractivity contribution in [2.75, 3.05) is 36.0 Å². The second-order valence-electron chi connectivity index (χ2n) is 8.93. The molecule has 0 unspecified atom stereocenters. The smallest absolute Gasteiger partial charge is 0.280 e. The van der Waals surface area contributed by atoms with E-state index < -0.39 is 11.8 Å². The Balaban J connectivity index is 1.40. The zero-order valence-electron chi connectivity index (χ0n) is 23.3. The average molecular weight is 663 g/mol. The summed E-state index contributed by atoms with van der Waals surface area (Å²) in [6.45, 7) is 0.180. The zero-order chi connectivity index (χ0) is 33.3. The number of amides is 2. The van der Waals surface area contributed by atoms with Crippen LogP contribution in [0.15, 0.2) is 26.5 Å². The quantitative estimate of drug-likeness (QED) is 0.0543. The maximum atomic E-state index is 12.5. The fourth-order valence-corrected chi connectivity index (χ4v) is 3.66. The van der Waals surface area contributed by atoms with Gasteiger partial charge in [0.1, 0.15) is 0 Å². The third-order valence-corrected chi connectivity index (χ3v) is 6.12. The highest BCUT2D eigenvalue weighted by Crippen LogP contribution is 2.18. The summed E-state index contributed by atoms with van der Waals surface area (Å²) in [5.74, 6) is -3.58. The molecule has 19 nitrogen and oxygen atoms in total. The molecule has 0 spiro atoms. The molecule has 45 heavy (non-hydrogen) atoms. The summed E-state index contributed by atoms with van der Waals surface area (Å²) in [7, 11) is 0. The number of hydrogen-bond donors (Lipinski definition) is 8. The number of nitrogen functional groups attached to an aromatic ring is 4. The first-order valence-electron chi connectivity index (χ1n) is 12.8. The van der Waals surface area contributed by atoms with Crippen molar-refractivity contribution < 1.29 is 23.6 Å². The maximum Gasteiger partial charge on any atom is 0.280 e. The molecule has 0 atom stereocenters. The van der Waals surface area contributed by atoms with Crippen molar-refractivity contribution in [1.29, 1.82) is 0 Å². The number of furan rings is 1. The lowest BCUT2D eigenvalue weighted by Crippen LogP contribution is -2.38. The molecule has 3 heterocycles. The Morgan fingerprint density at radius 2 is 1.04 bits per heavy atom. The molecule has 0 aliphatic carbocycles. The number of nitrogens with two attached hydrogens (primary N) is 6. The number of ketones is 2. The molecule has 0 saturated carbocycles. The number of nitrogens with one attached hydrogen (secondary N) is 2. The molecule has 14 N–H and O–H groups in total.